The number of carbonyl (C=O) groups excluding carboxylic acids is 2. The quantitative estimate of drug-likeness (QED) is 0.439. The van der Waals surface area contributed by atoms with Gasteiger partial charge in [-0.2, -0.15) is 0 Å². The van der Waals surface area contributed by atoms with Crippen LogP contribution in [0.15, 0.2) is 36.4 Å². The van der Waals surface area contributed by atoms with Crippen LogP contribution in [0.4, 0.5) is 5.69 Å². The van der Waals surface area contributed by atoms with E-state index in [0.29, 0.717) is 27.1 Å². The van der Waals surface area contributed by atoms with Gasteiger partial charge in [-0.15, -0.1) is 0 Å². The number of amides is 2. The van der Waals surface area contributed by atoms with Crippen LogP contribution in [0, 0.1) is 6.92 Å². The number of nitrogens with one attached hydrogen (secondary N) is 1. The fourth-order valence-electron chi connectivity index (χ4n) is 3.25. The van der Waals surface area contributed by atoms with Gasteiger partial charge in [0, 0.05) is 33.2 Å². The normalized spacial score (nSPS) is 13.1. The molecule has 11 heteroatoms. The smallest absolute Gasteiger partial charge is 0.244 e. The maximum Gasteiger partial charge on any atom is 0.244 e. The highest BCUT2D eigenvalue weighted by Crippen LogP contribution is 2.28. The summed E-state index contributed by atoms with van der Waals surface area (Å²) in [6.45, 7) is 6.52. The Bertz CT molecular complexity index is 1170. The molecule has 2 amide bonds. The third kappa shape index (κ3) is 7.74. The SMILES string of the molecule is CC[C@H](C)NC(=O)[C@H](C)N(Cc1c(Cl)cccc1Cl)C(=O)CN(c1ccc(C)c(Cl)c1)S(C)(=O)=O. The van der Waals surface area contributed by atoms with Crippen LogP contribution < -0.4 is 9.62 Å². The Labute approximate surface area is 222 Å². The van der Waals surface area contributed by atoms with Crippen LogP contribution in [-0.4, -0.2) is 50.0 Å². The van der Waals surface area contributed by atoms with Crippen molar-refractivity contribution >= 4 is 62.3 Å². The molecule has 0 saturated carbocycles. The molecule has 0 aliphatic heterocycles. The second kappa shape index (κ2) is 12.3. The zero-order valence-electron chi connectivity index (χ0n) is 20.3. The molecule has 2 rings (SSSR count). The maximum absolute atomic E-state index is 13.6. The molecule has 2 aromatic carbocycles. The Hall–Kier alpha value is -2.00. The number of aryl methyl sites for hydroxylation is 1. The fraction of sp³-hybridized carbons (Fsp3) is 0.417. The minimum Gasteiger partial charge on any atom is -0.352 e. The van der Waals surface area contributed by atoms with Gasteiger partial charge in [0.2, 0.25) is 21.8 Å². The first-order valence-corrected chi connectivity index (χ1v) is 14.0. The van der Waals surface area contributed by atoms with Crippen molar-refractivity contribution in [1.29, 1.82) is 0 Å². The number of hydrogen-bond acceptors (Lipinski definition) is 4. The summed E-state index contributed by atoms with van der Waals surface area (Å²) in [5, 5.41) is 3.88. The van der Waals surface area contributed by atoms with Gasteiger partial charge in [-0.25, -0.2) is 8.42 Å². The zero-order valence-corrected chi connectivity index (χ0v) is 23.4. The molecular formula is C24H30Cl3N3O4S. The molecule has 2 atom stereocenters. The average molecular weight is 563 g/mol. The molecule has 0 aromatic heterocycles. The number of carbonyl (C=O) groups is 2. The Kier molecular flexibility index (Phi) is 10.3. The van der Waals surface area contributed by atoms with E-state index in [-0.39, 0.29) is 24.2 Å². The molecule has 0 radical (unpaired) electrons. The maximum atomic E-state index is 13.6. The van der Waals surface area contributed by atoms with Gasteiger partial charge in [-0.3, -0.25) is 13.9 Å². The summed E-state index contributed by atoms with van der Waals surface area (Å²) in [5.41, 5.74) is 1.46. The summed E-state index contributed by atoms with van der Waals surface area (Å²) in [5.74, 6) is -0.977. The predicted molar refractivity (Wildman–Crippen MR) is 143 cm³/mol. The number of benzene rings is 2. The number of rotatable bonds is 10. The van der Waals surface area contributed by atoms with E-state index in [1.807, 2.05) is 13.8 Å². The van der Waals surface area contributed by atoms with E-state index in [0.717, 1.165) is 16.1 Å². The van der Waals surface area contributed by atoms with Gasteiger partial charge in [-0.1, -0.05) is 53.9 Å². The van der Waals surface area contributed by atoms with Crippen LogP contribution in [0.3, 0.4) is 0 Å². The number of halogens is 3. The molecule has 2 aromatic rings. The largest absolute Gasteiger partial charge is 0.352 e. The van der Waals surface area contributed by atoms with Gasteiger partial charge >= 0.3 is 0 Å². The van der Waals surface area contributed by atoms with Crippen LogP contribution in [-0.2, 0) is 26.2 Å². The molecule has 0 heterocycles. The Morgan fingerprint density at radius 1 is 1.03 bits per heavy atom. The molecule has 0 unspecified atom stereocenters. The monoisotopic (exact) mass is 561 g/mol. The lowest BCUT2D eigenvalue weighted by molar-refractivity contribution is -0.139. The number of sulfonamides is 1. The summed E-state index contributed by atoms with van der Waals surface area (Å²) in [6, 6.07) is 8.64. The van der Waals surface area contributed by atoms with Gasteiger partial charge < -0.3 is 10.2 Å². The molecule has 0 bridgehead atoms. The van der Waals surface area contributed by atoms with Crippen molar-refractivity contribution in [2.45, 2.75) is 52.7 Å². The Morgan fingerprint density at radius 3 is 2.14 bits per heavy atom. The topological polar surface area (TPSA) is 86.8 Å². The second-order valence-corrected chi connectivity index (χ2v) is 11.5. The molecule has 0 saturated heterocycles. The van der Waals surface area contributed by atoms with Crippen molar-refractivity contribution in [1.82, 2.24) is 10.2 Å². The number of anilines is 1. The molecule has 1 N–H and O–H groups in total. The van der Waals surface area contributed by atoms with E-state index in [1.165, 1.54) is 11.0 Å². The van der Waals surface area contributed by atoms with E-state index in [9.17, 15) is 18.0 Å². The van der Waals surface area contributed by atoms with Gasteiger partial charge in [0.15, 0.2) is 0 Å². The molecule has 35 heavy (non-hydrogen) atoms. The van der Waals surface area contributed by atoms with Crippen molar-refractivity contribution in [3.63, 3.8) is 0 Å². The summed E-state index contributed by atoms with van der Waals surface area (Å²) in [4.78, 5) is 27.8. The Morgan fingerprint density at radius 2 is 1.63 bits per heavy atom. The summed E-state index contributed by atoms with van der Waals surface area (Å²) >= 11 is 18.9. The van der Waals surface area contributed by atoms with Crippen molar-refractivity contribution in [2.24, 2.45) is 0 Å². The van der Waals surface area contributed by atoms with E-state index in [2.05, 4.69) is 5.32 Å². The third-order valence-corrected chi connectivity index (χ3v) is 7.94. The molecular weight excluding hydrogens is 533 g/mol. The highest BCUT2D eigenvalue weighted by Gasteiger charge is 2.31. The van der Waals surface area contributed by atoms with Crippen LogP contribution in [0.1, 0.15) is 38.3 Å². The molecule has 7 nitrogen and oxygen atoms in total. The zero-order chi connectivity index (χ0) is 26.5. The van der Waals surface area contributed by atoms with Gasteiger partial charge in [0.1, 0.15) is 12.6 Å². The van der Waals surface area contributed by atoms with Crippen molar-refractivity contribution < 1.29 is 18.0 Å². The van der Waals surface area contributed by atoms with Gasteiger partial charge in [-0.05, 0) is 57.0 Å². The van der Waals surface area contributed by atoms with Crippen molar-refractivity contribution in [3.05, 3.63) is 62.6 Å². The standard InChI is InChI=1S/C24H30Cl3N3O4S/c1-6-16(3)28-24(32)17(4)29(13-19-20(25)8-7-9-21(19)26)23(31)14-30(35(5,33)34)18-11-10-15(2)22(27)12-18/h7-12,16-17H,6,13-14H2,1-5H3,(H,28,32)/t16-,17-/m0/s1. The van der Waals surface area contributed by atoms with Crippen LogP contribution in [0.2, 0.25) is 15.1 Å². The summed E-state index contributed by atoms with van der Waals surface area (Å²) < 4.78 is 26.2. The Balaban J connectivity index is 2.47. The van der Waals surface area contributed by atoms with Crippen LogP contribution in [0.25, 0.3) is 0 Å². The lowest BCUT2D eigenvalue weighted by Gasteiger charge is -2.32. The molecule has 0 aliphatic rings. The minimum absolute atomic E-state index is 0.0846. The van der Waals surface area contributed by atoms with Gasteiger partial charge in [0.05, 0.1) is 11.9 Å². The second-order valence-electron chi connectivity index (χ2n) is 8.42. The first kappa shape index (κ1) is 29.2. The van der Waals surface area contributed by atoms with Crippen molar-refractivity contribution in [3.8, 4) is 0 Å². The van der Waals surface area contributed by atoms with Crippen LogP contribution >= 0.6 is 34.8 Å². The first-order chi connectivity index (χ1) is 16.3. The molecule has 0 fully saturated rings. The lowest BCUT2D eigenvalue weighted by Crippen LogP contribution is -2.52. The van der Waals surface area contributed by atoms with E-state index in [4.69, 9.17) is 34.8 Å². The van der Waals surface area contributed by atoms with Crippen molar-refractivity contribution in [2.75, 3.05) is 17.1 Å². The van der Waals surface area contributed by atoms with E-state index in [1.54, 1.807) is 44.2 Å². The predicted octanol–water partition coefficient (Wildman–Crippen LogP) is 5.05. The highest BCUT2D eigenvalue weighted by atomic mass is 35.5. The molecule has 0 aliphatic carbocycles. The summed E-state index contributed by atoms with van der Waals surface area (Å²) in [6.07, 6.45) is 1.71. The lowest BCUT2D eigenvalue weighted by atomic mass is 10.1. The average Bonchev–Trinajstić information content (AvgIpc) is 2.77. The minimum atomic E-state index is -3.86. The third-order valence-electron chi connectivity index (χ3n) is 5.68. The summed E-state index contributed by atoms with van der Waals surface area (Å²) in [7, 11) is -3.86. The van der Waals surface area contributed by atoms with E-state index >= 15 is 0 Å². The van der Waals surface area contributed by atoms with E-state index < -0.39 is 28.5 Å². The molecule has 192 valence electrons. The van der Waals surface area contributed by atoms with Crippen LogP contribution in [0.5, 0.6) is 0 Å². The number of nitrogens with zero attached hydrogens (tertiary/aromatic N) is 2. The first-order valence-electron chi connectivity index (χ1n) is 11.0. The fourth-order valence-corrected chi connectivity index (χ4v) is 4.79. The highest BCUT2D eigenvalue weighted by molar-refractivity contribution is 7.92. The molecule has 0 spiro atoms. The van der Waals surface area contributed by atoms with Gasteiger partial charge in [0.25, 0.3) is 0 Å². The number of hydrogen-bond donors (Lipinski definition) is 1.